The van der Waals surface area contributed by atoms with Crippen molar-refractivity contribution in [3.8, 4) is 56.8 Å². The summed E-state index contributed by atoms with van der Waals surface area (Å²) in [6, 6.07) is 22.3. The quantitative estimate of drug-likeness (QED) is 0.0698. The molecular formula is C53H47Cl2F7N6O6. The SMILES string of the molecule is C=C/C(C)=C(\C=C)c1ccc(-c2nc(-c3ccc(CN(C)CC(=O)O)cc3Cl)no2)cc1C(F)(F)F.CC.CN(CC(=O)O)Cc1cc(F)cc(-c2noc(-c3ccc(-c4ccccc4C(F)(F)F)c(Cl)c3)n2)c1. The Kier molecular flexibility index (Phi) is 19.4. The highest BCUT2D eigenvalue weighted by Gasteiger charge is 2.36. The normalized spacial score (nSPS) is 11.8. The zero-order valence-electron chi connectivity index (χ0n) is 40.2. The van der Waals surface area contributed by atoms with E-state index < -0.39 is 41.2 Å². The van der Waals surface area contributed by atoms with E-state index in [2.05, 4.69) is 33.4 Å². The van der Waals surface area contributed by atoms with Crippen LogP contribution in [0.5, 0.6) is 0 Å². The second-order valence-electron chi connectivity index (χ2n) is 16.1. The average molecular weight is 1070 g/mol. The summed E-state index contributed by atoms with van der Waals surface area (Å²) >= 11 is 12.7. The van der Waals surface area contributed by atoms with Crippen molar-refractivity contribution in [3.05, 3.63) is 172 Å². The maximum Gasteiger partial charge on any atom is 0.417 e. The Balaban J connectivity index is 0.000000265. The number of aromatic nitrogens is 4. The Labute approximate surface area is 430 Å². The topological polar surface area (TPSA) is 159 Å². The Morgan fingerprint density at radius 2 is 1.18 bits per heavy atom. The van der Waals surface area contributed by atoms with Gasteiger partial charge in [-0.3, -0.25) is 19.4 Å². The molecule has 0 unspecified atom stereocenters. The van der Waals surface area contributed by atoms with Crippen LogP contribution in [0.3, 0.4) is 0 Å². The molecule has 2 heterocycles. The van der Waals surface area contributed by atoms with Gasteiger partial charge in [0.25, 0.3) is 11.8 Å². The lowest BCUT2D eigenvalue weighted by molar-refractivity contribution is -0.139. The first-order valence-corrected chi connectivity index (χ1v) is 22.9. The van der Waals surface area contributed by atoms with E-state index in [9.17, 15) is 40.3 Å². The van der Waals surface area contributed by atoms with Gasteiger partial charge in [0, 0.05) is 45.9 Å². The van der Waals surface area contributed by atoms with Crippen LogP contribution < -0.4 is 0 Å². The molecule has 388 valence electrons. The summed E-state index contributed by atoms with van der Waals surface area (Å²) in [7, 11) is 3.25. The van der Waals surface area contributed by atoms with Crippen molar-refractivity contribution in [1.29, 1.82) is 0 Å². The van der Waals surface area contributed by atoms with E-state index in [-0.39, 0.29) is 75.4 Å². The molecule has 0 aliphatic carbocycles. The van der Waals surface area contributed by atoms with Gasteiger partial charge in [-0.05, 0) is 115 Å². The number of carboxylic acid groups (broad SMARTS) is 2. The molecule has 2 N–H and O–H groups in total. The first kappa shape index (κ1) is 57.5. The first-order chi connectivity index (χ1) is 34.9. The molecule has 0 amide bonds. The molecule has 0 aliphatic rings. The highest BCUT2D eigenvalue weighted by Crippen LogP contribution is 2.42. The molecular weight excluding hydrogens is 1020 g/mol. The van der Waals surface area contributed by atoms with Crippen LogP contribution in [-0.4, -0.2) is 79.4 Å². The predicted octanol–water partition coefficient (Wildman–Crippen LogP) is 14.2. The van der Waals surface area contributed by atoms with Crippen LogP contribution in [0, 0.1) is 5.82 Å². The number of nitrogens with zero attached hydrogens (tertiary/aromatic N) is 6. The molecule has 0 spiro atoms. The summed E-state index contributed by atoms with van der Waals surface area (Å²) in [5.74, 6) is -2.41. The number of hydrogen-bond acceptors (Lipinski definition) is 10. The maximum absolute atomic E-state index is 14.2. The summed E-state index contributed by atoms with van der Waals surface area (Å²) in [5.41, 5.74) is 1.74. The second kappa shape index (κ2) is 25.0. The number of allylic oxidation sites excluding steroid dienone is 4. The number of hydrogen-bond donors (Lipinski definition) is 2. The standard InChI is InChI=1S/C26H23ClF3N3O3.C25H18ClF4N3O3.C2H6/c1-5-15(3)18(6-2)19-10-8-17(12-21(19)26(28,29)30)25-31-24(32-36-25)20-9-7-16(11-22(20)27)13-33(4)14-23(34)35;1-33(13-22(34)35)12-14-8-16(10-17(27)9-14)23-31-24(36-32-23)15-6-7-19(21(26)11-15)18-4-2-3-5-20(18)25(28,29)30;1-2/h5-12H,1-2,13-14H2,3-4H3,(H,34,35);2-11H,12-13H2,1H3,(H,34,35);1-2H3/b18-15+;;. The van der Waals surface area contributed by atoms with Crippen LogP contribution in [0.4, 0.5) is 30.7 Å². The van der Waals surface area contributed by atoms with E-state index in [1.807, 2.05) is 13.8 Å². The van der Waals surface area contributed by atoms with Crippen molar-refractivity contribution in [2.24, 2.45) is 0 Å². The van der Waals surface area contributed by atoms with Gasteiger partial charge in [0.2, 0.25) is 11.6 Å². The fourth-order valence-electron chi connectivity index (χ4n) is 7.39. The van der Waals surface area contributed by atoms with E-state index in [0.717, 1.165) is 17.7 Å². The molecule has 0 bridgehead atoms. The van der Waals surface area contributed by atoms with E-state index >= 15 is 0 Å². The van der Waals surface area contributed by atoms with Crippen molar-refractivity contribution >= 4 is 40.7 Å². The number of rotatable bonds is 16. The summed E-state index contributed by atoms with van der Waals surface area (Å²) in [6.07, 6.45) is -6.37. The van der Waals surface area contributed by atoms with Gasteiger partial charge in [-0.15, -0.1) is 0 Å². The number of likely N-dealkylation sites (N-methyl/N-ethyl adjacent to an activating group) is 2. The number of halogens is 9. The lowest BCUT2D eigenvalue weighted by Crippen LogP contribution is -2.25. The van der Waals surface area contributed by atoms with E-state index in [4.69, 9.17) is 42.5 Å². The van der Waals surface area contributed by atoms with Gasteiger partial charge in [-0.25, -0.2) is 4.39 Å². The van der Waals surface area contributed by atoms with Gasteiger partial charge in [0.15, 0.2) is 0 Å². The third-order valence-electron chi connectivity index (χ3n) is 10.6. The van der Waals surface area contributed by atoms with E-state index in [1.165, 1.54) is 77.7 Å². The van der Waals surface area contributed by atoms with Gasteiger partial charge in [0.1, 0.15) is 5.82 Å². The zero-order valence-corrected chi connectivity index (χ0v) is 41.8. The minimum Gasteiger partial charge on any atom is -0.480 e. The van der Waals surface area contributed by atoms with Crippen LogP contribution in [0.2, 0.25) is 10.0 Å². The third kappa shape index (κ3) is 14.8. The van der Waals surface area contributed by atoms with Crippen molar-refractivity contribution in [2.45, 2.75) is 46.2 Å². The van der Waals surface area contributed by atoms with E-state index in [1.54, 1.807) is 50.2 Å². The lowest BCUT2D eigenvalue weighted by Gasteiger charge is -2.15. The van der Waals surface area contributed by atoms with Crippen molar-refractivity contribution < 1.29 is 59.6 Å². The molecule has 74 heavy (non-hydrogen) atoms. The zero-order chi connectivity index (χ0) is 54.7. The maximum atomic E-state index is 14.2. The minimum atomic E-state index is -4.64. The average Bonchev–Trinajstić information content (AvgIpc) is 4.03. The number of carboxylic acids is 2. The third-order valence-corrected chi connectivity index (χ3v) is 11.2. The van der Waals surface area contributed by atoms with Crippen molar-refractivity contribution in [2.75, 3.05) is 27.2 Å². The molecule has 0 saturated carbocycles. The van der Waals surface area contributed by atoms with Crippen LogP contribution in [0.15, 0.2) is 137 Å². The molecule has 0 aliphatic heterocycles. The Hall–Kier alpha value is -7.45. The van der Waals surface area contributed by atoms with Gasteiger partial charge < -0.3 is 19.3 Å². The van der Waals surface area contributed by atoms with Gasteiger partial charge in [-0.2, -0.15) is 36.3 Å². The van der Waals surface area contributed by atoms with Gasteiger partial charge in [0.05, 0.1) is 29.2 Å². The number of carbonyl (C=O) groups is 2. The molecule has 2 aromatic heterocycles. The highest BCUT2D eigenvalue weighted by molar-refractivity contribution is 6.34. The predicted molar refractivity (Wildman–Crippen MR) is 268 cm³/mol. The monoisotopic (exact) mass is 1070 g/mol. The fourth-order valence-corrected chi connectivity index (χ4v) is 7.96. The summed E-state index contributed by atoms with van der Waals surface area (Å²) in [5, 5.41) is 25.9. The summed E-state index contributed by atoms with van der Waals surface area (Å²) in [4.78, 5) is 33.3. The van der Waals surface area contributed by atoms with Crippen molar-refractivity contribution in [1.82, 2.24) is 30.1 Å². The Morgan fingerprint density at radius 1 is 0.635 bits per heavy atom. The first-order valence-electron chi connectivity index (χ1n) is 22.2. The van der Waals surface area contributed by atoms with Gasteiger partial charge >= 0.3 is 24.3 Å². The molecule has 7 aromatic rings. The molecule has 0 saturated heterocycles. The van der Waals surface area contributed by atoms with Crippen LogP contribution in [0.25, 0.3) is 62.4 Å². The second-order valence-corrected chi connectivity index (χ2v) is 17.0. The van der Waals surface area contributed by atoms with Gasteiger partial charge in [-0.1, -0.05) is 109 Å². The van der Waals surface area contributed by atoms with E-state index in [0.29, 0.717) is 39.9 Å². The summed E-state index contributed by atoms with van der Waals surface area (Å²) < 4.78 is 107. The smallest absolute Gasteiger partial charge is 0.417 e. The Morgan fingerprint density at radius 3 is 1.74 bits per heavy atom. The number of aliphatic carboxylic acids is 2. The molecule has 12 nitrogen and oxygen atoms in total. The molecule has 7 rings (SSSR count). The molecule has 0 atom stereocenters. The van der Waals surface area contributed by atoms with Crippen LogP contribution >= 0.6 is 23.2 Å². The minimum absolute atomic E-state index is 0.0371. The lowest BCUT2D eigenvalue weighted by atomic mass is 9.94. The molecule has 0 fully saturated rings. The molecule has 5 aromatic carbocycles. The summed E-state index contributed by atoms with van der Waals surface area (Å²) in [6.45, 7) is 13.1. The number of benzene rings is 5. The van der Waals surface area contributed by atoms with Crippen LogP contribution in [0.1, 0.15) is 48.6 Å². The fraction of sp³-hybridized carbons (Fsp3) is 0.208. The number of alkyl halides is 6. The Bertz CT molecular complexity index is 3190. The molecule has 21 heteroatoms. The van der Waals surface area contributed by atoms with Crippen LogP contribution in [-0.2, 0) is 35.0 Å². The highest BCUT2D eigenvalue weighted by atomic mass is 35.5. The molecule has 0 radical (unpaired) electrons. The largest absolute Gasteiger partial charge is 0.480 e. The van der Waals surface area contributed by atoms with Crippen molar-refractivity contribution in [3.63, 3.8) is 0 Å².